The molecule has 148 valence electrons. The maximum atomic E-state index is 13.2. The predicted molar refractivity (Wildman–Crippen MR) is 118 cm³/mol. The minimum absolute atomic E-state index is 0.574. The molecule has 0 bridgehead atoms. The molecule has 0 aromatic heterocycles. The Hall–Kier alpha value is -3.60. The van der Waals surface area contributed by atoms with E-state index in [0.717, 1.165) is 29.7 Å². The van der Waals surface area contributed by atoms with E-state index in [1.807, 2.05) is 50.2 Å². The van der Waals surface area contributed by atoms with Crippen molar-refractivity contribution in [2.24, 2.45) is 0 Å². The maximum Gasteiger partial charge on any atom is 0.321 e. The Kier molecular flexibility index (Phi) is 6.29. The molecular formula is C24H25N3O2. The highest BCUT2D eigenvalue weighted by atomic mass is 16.2. The van der Waals surface area contributed by atoms with Crippen molar-refractivity contribution in [2.75, 3.05) is 16.0 Å². The number of benzene rings is 3. The number of nitrogen functional groups attached to an aromatic ring is 1. The van der Waals surface area contributed by atoms with Crippen molar-refractivity contribution < 1.29 is 9.59 Å². The highest BCUT2D eigenvalue weighted by Gasteiger charge is 2.26. The molecule has 0 unspecified atom stereocenters. The van der Waals surface area contributed by atoms with Crippen LogP contribution in [0, 0.1) is 0 Å². The number of amides is 2. The third-order valence-corrected chi connectivity index (χ3v) is 4.80. The van der Waals surface area contributed by atoms with Gasteiger partial charge in [0.15, 0.2) is 0 Å². The van der Waals surface area contributed by atoms with Gasteiger partial charge in [-0.15, -0.1) is 0 Å². The van der Waals surface area contributed by atoms with Gasteiger partial charge >= 0.3 is 11.8 Å². The third kappa shape index (κ3) is 4.46. The van der Waals surface area contributed by atoms with Crippen molar-refractivity contribution in [1.82, 2.24) is 0 Å². The summed E-state index contributed by atoms with van der Waals surface area (Å²) in [6.07, 6.45) is 1.52. The van der Waals surface area contributed by atoms with Gasteiger partial charge in [-0.2, -0.15) is 0 Å². The Morgan fingerprint density at radius 2 is 1.34 bits per heavy atom. The smallest absolute Gasteiger partial charge is 0.321 e. The molecule has 0 atom stereocenters. The highest BCUT2D eigenvalue weighted by Crippen LogP contribution is 2.27. The van der Waals surface area contributed by atoms with Crippen LogP contribution >= 0.6 is 0 Å². The molecule has 5 heteroatoms. The molecule has 3 N–H and O–H groups in total. The minimum Gasteiger partial charge on any atom is -0.399 e. The van der Waals surface area contributed by atoms with Gasteiger partial charge in [-0.1, -0.05) is 50.2 Å². The van der Waals surface area contributed by atoms with Crippen LogP contribution in [0.3, 0.4) is 0 Å². The zero-order valence-electron chi connectivity index (χ0n) is 16.7. The number of carbonyl (C=O) groups is 2. The normalized spacial score (nSPS) is 10.4. The van der Waals surface area contributed by atoms with Crippen molar-refractivity contribution in [3.05, 3.63) is 83.9 Å². The number of aryl methyl sites for hydroxylation is 2. The summed E-state index contributed by atoms with van der Waals surface area (Å²) in [6.45, 7) is 4.05. The standard InChI is InChI=1S/C24H25N3O2/c1-3-17-9-8-10-18(4-2)22(17)26-23(28)24(29)27(20-11-6-5-7-12-20)21-15-13-19(25)14-16-21/h5-16H,3-4,25H2,1-2H3,(H,26,28). The summed E-state index contributed by atoms with van der Waals surface area (Å²) in [5, 5.41) is 2.86. The lowest BCUT2D eigenvalue weighted by atomic mass is 10.0. The van der Waals surface area contributed by atoms with Crippen molar-refractivity contribution in [2.45, 2.75) is 26.7 Å². The zero-order chi connectivity index (χ0) is 20.8. The molecule has 0 aliphatic rings. The van der Waals surface area contributed by atoms with E-state index in [2.05, 4.69) is 5.32 Å². The summed E-state index contributed by atoms with van der Waals surface area (Å²) in [6, 6.07) is 21.9. The molecular weight excluding hydrogens is 362 g/mol. The van der Waals surface area contributed by atoms with Gasteiger partial charge < -0.3 is 11.1 Å². The summed E-state index contributed by atoms with van der Waals surface area (Å²) in [5.74, 6) is -1.34. The summed E-state index contributed by atoms with van der Waals surface area (Å²) >= 11 is 0. The van der Waals surface area contributed by atoms with Crippen molar-refractivity contribution in [1.29, 1.82) is 0 Å². The topological polar surface area (TPSA) is 75.4 Å². The van der Waals surface area contributed by atoms with Crippen LogP contribution in [0.15, 0.2) is 72.8 Å². The van der Waals surface area contributed by atoms with Gasteiger partial charge in [-0.3, -0.25) is 14.5 Å². The van der Waals surface area contributed by atoms with E-state index in [1.165, 1.54) is 4.90 Å². The first-order valence-corrected chi connectivity index (χ1v) is 9.72. The van der Waals surface area contributed by atoms with Gasteiger partial charge in [0, 0.05) is 22.7 Å². The Morgan fingerprint density at radius 1 is 0.793 bits per heavy atom. The van der Waals surface area contributed by atoms with Crippen LogP contribution < -0.4 is 16.0 Å². The van der Waals surface area contributed by atoms with Gasteiger partial charge in [0.1, 0.15) is 0 Å². The average Bonchev–Trinajstić information content (AvgIpc) is 2.76. The number of nitrogens with zero attached hydrogens (tertiary/aromatic N) is 1. The predicted octanol–water partition coefficient (Wildman–Crippen LogP) is 4.70. The molecule has 29 heavy (non-hydrogen) atoms. The fourth-order valence-corrected chi connectivity index (χ4v) is 3.26. The molecule has 3 aromatic carbocycles. The monoisotopic (exact) mass is 387 g/mol. The molecule has 0 aliphatic heterocycles. The van der Waals surface area contributed by atoms with Crippen molar-refractivity contribution in [3.63, 3.8) is 0 Å². The maximum absolute atomic E-state index is 13.2. The highest BCUT2D eigenvalue weighted by molar-refractivity contribution is 6.45. The van der Waals surface area contributed by atoms with Crippen molar-refractivity contribution >= 4 is 34.6 Å². The van der Waals surface area contributed by atoms with Crippen LogP contribution in [-0.2, 0) is 22.4 Å². The van der Waals surface area contributed by atoms with E-state index in [9.17, 15) is 9.59 Å². The first-order valence-electron chi connectivity index (χ1n) is 9.72. The fraction of sp³-hybridized carbons (Fsp3) is 0.167. The van der Waals surface area contributed by atoms with E-state index in [0.29, 0.717) is 17.1 Å². The quantitative estimate of drug-likeness (QED) is 0.492. The molecule has 2 amide bonds. The van der Waals surface area contributed by atoms with Crippen LogP contribution in [-0.4, -0.2) is 11.8 Å². The van der Waals surface area contributed by atoms with Crippen LogP contribution in [0.25, 0.3) is 0 Å². The number of anilines is 4. The molecule has 0 saturated carbocycles. The van der Waals surface area contributed by atoms with Crippen LogP contribution in [0.1, 0.15) is 25.0 Å². The molecule has 5 nitrogen and oxygen atoms in total. The number of hydrogen-bond donors (Lipinski definition) is 2. The second kappa shape index (κ2) is 9.06. The molecule has 0 saturated heterocycles. The van der Waals surface area contributed by atoms with Gasteiger partial charge in [-0.05, 0) is 60.4 Å². The van der Waals surface area contributed by atoms with Crippen LogP contribution in [0.4, 0.5) is 22.7 Å². The third-order valence-electron chi connectivity index (χ3n) is 4.80. The Balaban J connectivity index is 1.97. The van der Waals surface area contributed by atoms with Gasteiger partial charge in [0.05, 0.1) is 0 Å². The average molecular weight is 387 g/mol. The lowest BCUT2D eigenvalue weighted by Crippen LogP contribution is -2.37. The summed E-state index contributed by atoms with van der Waals surface area (Å²) in [5.41, 5.74) is 10.3. The number of para-hydroxylation sites is 2. The van der Waals surface area contributed by atoms with Crippen molar-refractivity contribution in [3.8, 4) is 0 Å². The number of hydrogen-bond acceptors (Lipinski definition) is 3. The van der Waals surface area contributed by atoms with E-state index in [-0.39, 0.29) is 0 Å². The van der Waals surface area contributed by atoms with Gasteiger partial charge in [-0.25, -0.2) is 0 Å². The van der Waals surface area contributed by atoms with E-state index in [4.69, 9.17) is 5.73 Å². The largest absolute Gasteiger partial charge is 0.399 e. The van der Waals surface area contributed by atoms with Gasteiger partial charge in [0.2, 0.25) is 0 Å². The second-order valence-electron chi connectivity index (χ2n) is 6.68. The minimum atomic E-state index is -0.679. The molecule has 3 rings (SSSR count). The summed E-state index contributed by atoms with van der Waals surface area (Å²) < 4.78 is 0. The fourth-order valence-electron chi connectivity index (χ4n) is 3.26. The molecule has 0 radical (unpaired) electrons. The Morgan fingerprint density at radius 3 is 1.90 bits per heavy atom. The molecule has 3 aromatic rings. The lowest BCUT2D eigenvalue weighted by Gasteiger charge is -2.23. The lowest BCUT2D eigenvalue weighted by molar-refractivity contribution is -0.134. The summed E-state index contributed by atoms with van der Waals surface area (Å²) in [4.78, 5) is 27.6. The first-order chi connectivity index (χ1) is 14.0. The number of nitrogens with two attached hydrogens (primary N) is 1. The van der Waals surface area contributed by atoms with Gasteiger partial charge in [0.25, 0.3) is 0 Å². The SMILES string of the molecule is CCc1cccc(CC)c1NC(=O)C(=O)N(c1ccccc1)c1ccc(N)cc1. The second-order valence-corrected chi connectivity index (χ2v) is 6.68. The molecule has 0 fully saturated rings. The Bertz CT molecular complexity index is 976. The van der Waals surface area contributed by atoms with E-state index >= 15 is 0 Å². The molecule has 0 spiro atoms. The first kappa shape index (κ1) is 20.1. The van der Waals surface area contributed by atoms with Crippen LogP contribution in [0.2, 0.25) is 0 Å². The van der Waals surface area contributed by atoms with E-state index < -0.39 is 11.8 Å². The molecule has 0 aliphatic carbocycles. The zero-order valence-corrected chi connectivity index (χ0v) is 16.7. The number of carbonyl (C=O) groups excluding carboxylic acids is 2. The Labute approximate surface area is 171 Å². The summed E-state index contributed by atoms with van der Waals surface area (Å²) in [7, 11) is 0. The number of nitrogens with one attached hydrogen (secondary N) is 1. The van der Waals surface area contributed by atoms with E-state index in [1.54, 1.807) is 36.4 Å². The molecule has 0 heterocycles. The number of rotatable bonds is 5. The van der Waals surface area contributed by atoms with Crippen LogP contribution in [0.5, 0.6) is 0 Å².